The van der Waals surface area contributed by atoms with E-state index in [-0.39, 0.29) is 11.7 Å². The monoisotopic (exact) mass is 364 g/mol. The average Bonchev–Trinajstić information content (AvgIpc) is 2.92. The van der Waals surface area contributed by atoms with Crippen LogP contribution in [0.4, 0.5) is 10.1 Å². The van der Waals surface area contributed by atoms with Crippen LogP contribution < -0.4 is 5.32 Å². The molecule has 2 aromatic heterocycles. The molecule has 0 aliphatic carbocycles. The summed E-state index contributed by atoms with van der Waals surface area (Å²) in [5.41, 5.74) is 2.20. The van der Waals surface area contributed by atoms with Crippen LogP contribution in [-0.4, -0.2) is 26.1 Å². The van der Waals surface area contributed by atoms with Crippen LogP contribution in [-0.2, 0) is 4.79 Å². The Morgan fingerprint density at radius 2 is 2.21 bits per heavy atom. The number of carbonyl (C=O) groups is 1. The molecule has 0 radical (unpaired) electrons. The zero-order chi connectivity index (χ0) is 17.3. The van der Waals surface area contributed by atoms with Gasteiger partial charge in [0.05, 0.1) is 15.8 Å². The first-order chi connectivity index (χ1) is 11.4. The molecule has 3 rings (SSSR count). The van der Waals surface area contributed by atoms with Crippen LogP contribution in [0.25, 0.3) is 11.2 Å². The highest BCUT2D eigenvalue weighted by atomic mass is 35.5. The van der Waals surface area contributed by atoms with E-state index in [0.29, 0.717) is 32.6 Å². The maximum absolute atomic E-state index is 13.5. The lowest BCUT2D eigenvalue weighted by Crippen LogP contribution is -2.22. The smallest absolute Gasteiger partial charge is 0.237 e. The number of nitrogens with zero attached hydrogens (tertiary/aromatic N) is 2. The topological polar surface area (TPSA) is 70.7 Å². The molecule has 5 nitrogen and oxygen atoms in total. The van der Waals surface area contributed by atoms with E-state index in [9.17, 15) is 9.18 Å². The largest absolute Gasteiger partial charge is 0.331 e. The number of benzene rings is 1. The summed E-state index contributed by atoms with van der Waals surface area (Å²) in [5, 5.41) is 3.35. The number of anilines is 1. The molecule has 0 unspecified atom stereocenters. The van der Waals surface area contributed by atoms with Crippen LogP contribution in [0.3, 0.4) is 0 Å². The number of carbonyl (C=O) groups excluding carboxylic acids is 1. The molecule has 124 valence electrons. The number of nitrogens with one attached hydrogen (secondary N) is 2. The third-order valence-corrected chi connectivity index (χ3v) is 4.57. The second kappa shape index (κ2) is 6.78. The third kappa shape index (κ3) is 3.68. The van der Waals surface area contributed by atoms with E-state index in [2.05, 4.69) is 20.3 Å². The average molecular weight is 365 g/mol. The fourth-order valence-electron chi connectivity index (χ4n) is 2.04. The van der Waals surface area contributed by atoms with Crippen molar-refractivity contribution in [2.75, 3.05) is 5.32 Å². The van der Waals surface area contributed by atoms with E-state index in [4.69, 9.17) is 11.6 Å². The molecule has 2 N–H and O–H groups in total. The van der Waals surface area contributed by atoms with E-state index in [1.165, 1.54) is 24.0 Å². The Balaban J connectivity index is 1.69. The van der Waals surface area contributed by atoms with Crippen LogP contribution in [0, 0.1) is 12.7 Å². The van der Waals surface area contributed by atoms with Crippen molar-refractivity contribution in [2.24, 2.45) is 0 Å². The van der Waals surface area contributed by atoms with Crippen molar-refractivity contribution >= 4 is 46.1 Å². The molecular formula is C16H14ClFN4OS. The van der Waals surface area contributed by atoms with Gasteiger partial charge in [0.25, 0.3) is 0 Å². The number of aromatic amines is 1. The number of halogens is 2. The number of hydrogen-bond acceptors (Lipinski definition) is 4. The molecule has 0 saturated carbocycles. The molecule has 0 aliphatic heterocycles. The van der Waals surface area contributed by atoms with Crippen molar-refractivity contribution in [3.63, 3.8) is 0 Å². The number of aromatic nitrogens is 3. The number of H-pyrrole nitrogens is 1. The Bertz CT molecular complexity index is 914. The Morgan fingerprint density at radius 3 is 2.96 bits per heavy atom. The minimum absolute atomic E-state index is 0.241. The molecule has 1 aromatic carbocycles. The highest BCUT2D eigenvalue weighted by Gasteiger charge is 2.17. The van der Waals surface area contributed by atoms with E-state index in [1.807, 2.05) is 0 Å². The van der Waals surface area contributed by atoms with Crippen molar-refractivity contribution < 1.29 is 9.18 Å². The van der Waals surface area contributed by atoms with Crippen LogP contribution >= 0.6 is 23.4 Å². The molecule has 0 bridgehead atoms. The standard InChI is InChI=1S/C16H14ClFN4OS/c1-8-3-4-11(6-12(8)18)20-15(23)9(2)24-16-21-13-5-10(17)7-19-14(13)22-16/h3-7,9H,1-2H3,(H,20,23)(H,19,21,22)/t9-/m1/s1. The van der Waals surface area contributed by atoms with E-state index in [1.54, 1.807) is 32.0 Å². The lowest BCUT2D eigenvalue weighted by molar-refractivity contribution is -0.115. The molecule has 1 atom stereocenters. The maximum Gasteiger partial charge on any atom is 0.237 e. The predicted molar refractivity (Wildman–Crippen MR) is 94.0 cm³/mol. The summed E-state index contributed by atoms with van der Waals surface area (Å²) >= 11 is 7.14. The summed E-state index contributed by atoms with van der Waals surface area (Å²) in [5.74, 6) is -0.594. The normalized spacial score (nSPS) is 12.3. The summed E-state index contributed by atoms with van der Waals surface area (Å²) in [7, 11) is 0. The van der Waals surface area contributed by atoms with Gasteiger partial charge in [0.2, 0.25) is 5.91 Å². The van der Waals surface area contributed by atoms with Gasteiger partial charge in [0.15, 0.2) is 10.8 Å². The number of thioether (sulfide) groups is 1. The number of imidazole rings is 1. The van der Waals surface area contributed by atoms with Crippen LogP contribution in [0.1, 0.15) is 12.5 Å². The maximum atomic E-state index is 13.5. The van der Waals surface area contributed by atoms with Gasteiger partial charge in [-0.1, -0.05) is 29.4 Å². The summed E-state index contributed by atoms with van der Waals surface area (Å²) in [4.78, 5) is 23.7. The minimum atomic E-state index is -0.426. The molecule has 0 spiro atoms. The summed E-state index contributed by atoms with van der Waals surface area (Å²) < 4.78 is 13.5. The fraction of sp³-hybridized carbons (Fsp3) is 0.188. The van der Waals surface area contributed by atoms with Gasteiger partial charge in [-0.05, 0) is 37.6 Å². The van der Waals surface area contributed by atoms with E-state index < -0.39 is 5.25 Å². The molecule has 0 fully saturated rings. The lowest BCUT2D eigenvalue weighted by atomic mass is 10.2. The molecule has 0 aliphatic rings. The molecular weight excluding hydrogens is 351 g/mol. The lowest BCUT2D eigenvalue weighted by Gasteiger charge is -2.11. The predicted octanol–water partition coefficient (Wildman–Crippen LogP) is 4.18. The minimum Gasteiger partial charge on any atom is -0.331 e. The van der Waals surface area contributed by atoms with Gasteiger partial charge >= 0.3 is 0 Å². The van der Waals surface area contributed by atoms with Crippen molar-refractivity contribution in [2.45, 2.75) is 24.3 Å². The Morgan fingerprint density at radius 1 is 1.42 bits per heavy atom. The van der Waals surface area contributed by atoms with Crippen LogP contribution in [0.2, 0.25) is 5.02 Å². The van der Waals surface area contributed by atoms with Gasteiger partial charge < -0.3 is 10.3 Å². The van der Waals surface area contributed by atoms with Gasteiger partial charge in [-0.3, -0.25) is 4.79 Å². The van der Waals surface area contributed by atoms with Gasteiger partial charge in [-0.2, -0.15) is 0 Å². The van der Waals surface area contributed by atoms with Crippen molar-refractivity contribution in [3.8, 4) is 0 Å². The number of pyridine rings is 1. The zero-order valence-corrected chi connectivity index (χ0v) is 14.5. The molecule has 24 heavy (non-hydrogen) atoms. The Labute approximate surface area is 147 Å². The second-order valence-electron chi connectivity index (χ2n) is 5.28. The van der Waals surface area contributed by atoms with Gasteiger partial charge in [0, 0.05) is 11.9 Å². The second-order valence-corrected chi connectivity index (χ2v) is 7.05. The number of amides is 1. The number of hydrogen-bond donors (Lipinski definition) is 2. The fourth-order valence-corrected chi connectivity index (χ4v) is 3.01. The van der Waals surface area contributed by atoms with Crippen molar-refractivity contribution in [1.82, 2.24) is 15.0 Å². The number of aryl methyl sites for hydroxylation is 1. The van der Waals surface area contributed by atoms with Gasteiger partial charge in [-0.25, -0.2) is 14.4 Å². The molecule has 3 aromatic rings. The first-order valence-electron chi connectivity index (χ1n) is 7.17. The summed E-state index contributed by atoms with van der Waals surface area (Å²) in [6, 6.07) is 6.32. The Kier molecular flexibility index (Phi) is 4.73. The quantitative estimate of drug-likeness (QED) is 0.681. The number of fused-ring (bicyclic) bond motifs is 1. The van der Waals surface area contributed by atoms with Gasteiger partial charge in [-0.15, -0.1) is 0 Å². The van der Waals surface area contributed by atoms with Gasteiger partial charge in [0.1, 0.15) is 5.82 Å². The van der Waals surface area contributed by atoms with E-state index >= 15 is 0 Å². The SMILES string of the molecule is Cc1ccc(NC(=O)[C@@H](C)Sc2nc3ncc(Cl)cc3[nH]2)cc1F. The Hall–Kier alpha value is -2.12. The first kappa shape index (κ1) is 16.7. The highest BCUT2D eigenvalue weighted by Crippen LogP contribution is 2.25. The zero-order valence-electron chi connectivity index (χ0n) is 12.9. The van der Waals surface area contributed by atoms with Crippen LogP contribution in [0.5, 0.6) is 0 Å². The number of rotatable bonds is 4. The molecule has 8 heteroatoms. The molecule has 0 saturated heterocycles. The van der Waals surface area contributed by atoms with Crippen LogP contribution in [0.15, 0.2) is 35.6 Å². The molecule has 2 heterocycles. The third-order valence-electron chi connectivity index (χ3n) is 3.38. The first-order valence-corrected chi connectivity index (χ1v) is 8.43. The highest BCUT2D eigenvalue weighted by molar-refractivity contribution is 8.00. The van der Waals surface area contributed by atoms with Crippen molar-refractivity contribution in [3.05, 3.63) is 46.9 Å². The van der Waals surface area contributed by atoms with E-state index in [0.717, 1.165) is 0 Å². The summed E-state index contributed by atoms with van der Waals surface area (Å²) in [6.07, 6.45) is 1.52. The molecule has 1 amide bonds. The van der Waals surface area contributed by atoms with Crippen molar-refractivity contribution in [1.29, 1.82) is 0 Å². The summed E-state index contributed by atoms with van der Waals surface area (Å²) in [6.45, 7) is 3.42.